The number of hydrogen-bond acceptors (Lipinski definition) is 4. The summed E-state index contributed by atoms with van der Waals surface area (Å²) in [5.41, 5.74) is -2.45. The van der Waals surface area contributed by atoms with Gasteiger partial charge in [-0.2, -0.15) is 18.3 Å². The lowest BCUT2D eigenvalue weighted by Gasteiger charge is -2.30. The summed E-state index contributed by atoms with van der Waals surface area (Å²) in [4.78, 5) is 38.9. The fraction of sp³-hybridized carbons (Fsp3) is 0.520. The number of carbonyl (C=O) groups is 3. The first kappa shape index (κ1) is 29.0. The van der Waals surface area contributed by atoms with Crippen LogP contribution in [0.3, 0.4) is 0 Å². The summed E-state index contributed by atoms with van der Waals surface area (Å²) in [5, 5.41) is 13.3. The van der Waals surface area contributed by atoms with Crippen LogP contribution in [0.1, 0.15) is 78.9 Å². The van der Waals surface area contributed by atoms with Crippen LogP contribution in [0.4, 0.5) is 13.2 Å². The third-order valence-electron chi connectivity index (χ3n) is 6.21. The van der Waals surface area contributed by atoms with Crippen LogP contribution in [0, 0.1) is 11.3 Å². The van der Waals surface area contributed by atoms with E-state index in [1.807, 2.05) is 0 Å². The molecule has 0 atom stereocenters. The predicted octanol–water partition coefficient (Wildman–Crippen LogP) is 6.40. The average molecular weight is 562 g/mol. The van der Waals surface area contributed by atoms with E-state index in [2.05, 4.69) is 5.10 Å². The Bertz CT molecular complexity index is 1160. The van der Waals surface area contributed by atoms with Crippen molar-refractivity contribution in [3.8, 4) is 0 Å². The highest BCUT2D eigenvalue weighted by molar-refractivity contribution is 6.40. The van der Waals surface area contributed by atoms with Crippen molar-refractivity contribution in [3.05, 3.63) is 51.3 Å². The third kappa shape index (κ3) is 6.84. The number of nitrogens with zero attached hydrogens (tertiary/aromatic N) is 3. The summed E-state index contributed by atoms with van der Waals surface area (Å²) in [6, 6.07) is 3.77. The number of Topliss-reactive ketones (excluding diaryl/α,β-unsaturated/α-hetero) is 1. The third-order valence-corrected chi connectivity index (χ3v) is 6.84. The molecule has 1 aliphatic carbocycles. The Balaban J connectivity index is 1.97. The van der Waals surface area contributed by atoms with Gasteiger partial charge in [-0.25, -0.2) is 0 Å². The Labute approximate surface area is 222 Å². The van der Waals surface area contributed by atoms with E-state index in [4.69, 9.17) is 23.2 Å². The average Bonchev–Trinajstić information content (AvgIpc) is 3.23. The largest absolute Gasteiger partial charge is 0.481 e. The van der Waals surface area contributed by atoms with Crippen molar-refractivity contribution in [2.75, 3.05) is 13.1 Å². The van der Waals surface area contributed by atoms with Crippen LogP contribution < -0.4 is 0 Å². The fourth-order valence-corrected chi connectivity index (χ4v) is 5.21. The molecule has 0 bridgehead atoms. The monoisotopic (exact) mass is 561 g/mol. The molecular formula is C25H28Cl2F3N3O4. The molecule has 1 fully saturated rings. The molecule has 0 spiro atoms. The molecule has 1 aromatic heterocycles. The maximum absolute atomic E-state index is 14.3. The van der Waals surface area contributed by atoms with Crippen LogP contribution in [-0.2, 0) is 11.0 Å². The molecule has 202 valence electrons. The lowest BCUT2D eigenvalue weighted by molar-refractivity contribution is -0.147. The van der Waals surface area contributed by atoms with Crippen molar-refractivity contribution in [2.45, 2.75) is 58.7 Å². The van der Waals surface area contributed by atoms with Gasteiger partial charge >= 0.3 is 12.1 Å². The predicted molar refractivity (Wildman–Crippen MR) is 132 cm³/mol. The Kier molecular flexibility index (Phi) is 8.64. The molecule has 12 heteroatoms. The number of halogens is 5. The van der Waals surface area contributed by atoms with E-state index in [0.717, 1.165) is 15.8 Å². The second kappa shape index (κ2) is 11.0. The molecule has 1 saturated carbocycles. The quantitative estimate of drug-likeness (QED) is 0.395. The zero-order valence-corrected chi connectivity index (χ0v) is 22.1. The highest BCUT2D eigenvalue weighted by atomic mass is 35.5. The molecular weight excluding hydrogens is 534 g/mol. The van der Waals surface area contributed by atoms with Crippen molar-refractivity contribution in [2.24, 2.45) is 11.3 Å². The van der Waals surface area contributed by atoms with Crippen molar-refractivity contribution in [1.29, 1.82) is 0 Å². The van der Waals surface area contributed by atoms with E-state index in [9.17, 15) is 32.7 Å². The molecule has 0 saturated heterocycles. The number of ketones is 1. The highest BCUT2D eigenvalue weighted by Crippen LogP contribution is 2.39. The van der Waals surface area contributed by atoms with Crippen LogP contribution in [0.2, 0.25) is 10.0 Å². The first-order chi connectivity index (χ1) is 17.1. The van der Waals surface area contributed by atoms with Gasteiger partial charge in [-0.1, -0.05) is 50.0 Å². The number of carboxylic acids is 1. The Morgan fingerprint density at radius 2 is 1.65 bits per heavy atom. The van der Waals surface area contributed by atoms with E-state index in [1.54, 1.807) is 26.8 Å². The van der Waals surface area contributed by atoms with Gasteiger partial charge in [0.2, 0.25) is 0 Å². The molecule has 0 unspecified atom stereocenters. The summed E-state index contributed by atoms with van der Waals surface area (Å²) in [5.74, 6) is -3.20. The van der Waals surface area contributed by atoms with E-state index in [0.29, 0.717) is 0 Å². The van der Waals surface area contributed by atoms with Gasteiger partial charge in [0, 0.05) is 6.54 Å². The molecule has 1 amide bonds. The SMILES string of the molecule is CC(C)(C)CN(CC(=O)c1c(Cl)cccc1Cl)C(=O)c1cnn([C@H]2CC[C@H](C(=O)O)CC2)c1C(F)(F)F. The number of rotatable bonds is 7. The zero-order valence-electron chi connectivity index (χ0n) is 20.6. The lowest BCUT2D eigenvalue weighted by atomic mass is 9.86. The lowest BCUT2D eigenvalue weighted by Crippen LogP contribution is -2.42. The normalized spacial score (nSPS) is 18.5. The standard InChI is InChI=1S/C25H28Cl2F3N3O4/c1-24(2,3)13-32(12-19(34)20-17(26)5-4-6-18(20)27)22(35)16-11-31-33(21(16)25(28,29)30)15-9-7-14(8-10-15)23(36)37/h4-6,11,14-15H,7-10,12-13H2,1-3H3,(H,36,37)/t14-,15-. The second-order valence-corrected chi connectivity index (χ2v) is 11.2. The number of alkyl halides is 3. The van der Waals surface area contributed by atoms with Crippen molar-refractivity contribution >= 4 is 40.9 Å². The van der Waals surface area contributed by atoms with Crippen molar-refractivity contribution in [3.63, 3.8) is 0 Å². The summed E-state index contributed by atoms with van der Waals surface area (Å²) < 4.78 is 43.6. The second-order valence-electron chi connectivity index (χ2n) is 10.4. The molecule has 37 heavy (non-hydrogen) atoms. The minimum atomic E-state index is -4.91. The van der Waals surface area contributed by atoms with Crippen LogP contribution in [0.15, 0.2) is 24.4 Å². The summed E-state index contributed by atoms with van der Waals surface area (Å²) >= 11 is 12.3. The van der Waals surface area contributed by atoms with Crippen LogP contribution in [-0.4, -0.2) is 50.5 Å². The molecule has 1 aliphatic rings. The highest BCUT2D eigenvalue weighted by Gasteiger charge is 2.43. The van der Waals surface area contributed by atoms with Crippen LogP contribution in [0.25, 0.3) is 0 Å². The molecule has 0 aliphatic heterocycles. The number of carboxylic acid groups (broad SMARTS) is 1. The van der Waals surface area contributed by atoms with Crippen molar-refractivity contribution in [1.82, 2.24) is 14.7 Å². The van der Waals surface area contributed by atoms with Gasteiger partial charge in [-0.15, -0.1) is 0 Å². The number of carbonyl (C=O) groups excluding carboxylic acids is 2. The minimum Gasteiger partial charge on any atom is -0.481 e. The van der Waals surface area contributed by atoms with Gasteiger partial charge in [0.25, 0.3) is 5.91 Å². The van der Waals surface area contributed by atoms with E-state index >= 15 is 0 Å². The van der Waals surface area contributed by atoms with Crippen LogP contribution in [0.5, 0.6) is 0 Å². The van der Waals surface area contributed by atoms with Gasteiger partial charge in [-0.3, -0.25) is 19.1 Å². The molecule has 1 N–H and O–H groups in total. The van der Waals surface area contributed by atoms with Gasteiger partial charge in [-0.05, 0) is 43.2 Å². The number of aliphatic carboxylic acids is 1. The van der Waals surface area contributed by atoms with Crippen LogP contribution >= 0.6 is 23.2 Å². The maximum atomic E-state index is 14.3. The van der Waals surface area contributed by atoms with E-state index < -0.39 is 59.0 Å². The topological polar surface area (TPSA) is 92.5 Å². The summed E-state index contributed by atoms with van der Waals surface area (Å²) in [6.07, 6.45) is -3.24. The van der Waals surface area contributed by atoms with Gasteiger partial charge in [0.05, 0.1) is 45.9 Å². The van der Waals surface area contributed by atoms with Gasteiger partial charge < -0.3 is 10.0 Å². The molecule has 7 nitrogen and oxygen atoms in total. The van der Waals surface area contributed by atoms with E-state index in [-0.39, 0.29) is 47.8 Å². The number of amides is 1. The number of hydrogen-bond donors (Lipinski definition) is 1. The maximum Gasteiger partial charge on any atom is 0.433 e. The fourth-order valence-electron chi connectivity index (χ4n) is 4.60. The number of benzene rings is 1. The van der Waals surface area contributed by atoms with Crippen molar-refractivity contribution < 1.29 is 32.7 Å². The molecule has 1 heterocycles. The van der Waals surface area contributed by atoms with E-state index in [1.165, 1.54) is 12.1 Å². The Morgan fingerprint density at radius 1 is 1.08 bits per heavy atom. The Hall–Kier alpha value is -2.59. The molecule has 3 rings (SSSR count). The summed E-state index contributed by atoms with van der Waals surface area (Å²) in [7, 11) is 0. The first-order valence-corrected chi connectivity index (χ1v) is 12.5. The zero-order chi connectivity index (χ0) is 27.7. The number of aromatic nitrogens is 2. The molecule has 2 aromatic rings. The minimum absolute atomic E-state index is 0.0144. The van der Waals surface area contributed by atoms with Gasteiger partial charge in [0.15, 0.2) is 11.5 Å². The Morgan fingerprint density at radius 3 is 2.14 bits per heavy atom. The summed E-state index contributed by atoms with van der Waals surface area (Å²) in [6.45, 7) is 4.80. The molecule has 0 radical (unpaired) electrons. The molecule has 1 aromatic carbocycles. The van der Waals surface area contributed by atoms with Gasteiger partial charge in [0.1, 0.15) is 0 Å². The smallest absolute Gasteiger partial charge is 0.433 e. The first-order valence-electron chi connectivity index (χ1n) is 11.7.